The predicted octanol–water partition coefficient (Wildman–Crippen LogP) is 2.70. The lowest BCUT2D eigenvalue weighted by Crippen LogP contribution is -2.53. The van der Waals surface area contributed by atoms with Crippen molar-refractivity contribution < 1.29 is 9.53 Å². The van der Waals surface area contributed by atoms with Gasteiger partial charge in [-0.05, 0) is 45.1 Å². The summed E-state index contributed by atoms with van der Waals surface area (Å²) in [5.41, 5.74) is -1.65. The number of halogens is 1. The molecule has 6 nitrogen and oxygen atoms in total. The number of rotatable bonds is 7. The van der Waals surface area contributed by atoms with E-state index in [2.05, 4.69) is 15.9 Å². The number of unbranched alkanes of at least 4 members (excludes halogenated alkanes) is 1. The SMILES string of the molecule is CCOC(=O)C(C)(C)n1c(=O)c2sccc2n(CCCCBr)c1=O. The van der Waals surface area contributed by atoms with Crippen molar-refractivity contribution in [1.82, 2.24) is 9.13 Å². The average molecular weight is 417 g/mol. The molecule has 2 aromatic heterocycles. The van der Waals surface area contributed by atoms with E-state index < -0.39 is 22.8 Å². The van der Waals surface area contributed by atoms with Crippen LogP contribution in [0.2, 0.25) is 0 Å². The first-order valence-electron chi connectivity index (χ1n) is 7.83. The second-order valence-electron chi connectivity index (χ2n) is 5.89. The van der Waals surface area contributed by atoms with Crippen LogP contribution in [0.4, 0.5) is 0 Å². The van der Waals surface area contributed by atoms with Crippen LogP contribution < -0.4 is 11.2 Å². The zero-order chi connectivity index (χ0) is 17.9. The highest BCUT2D eigenvalue weighted by atomic mass is 79.9. The van der Waals surface area contributed by atoms with Gasteiger partial charge in [0.1, 0.15) is 10.2 Å². The Hall–Kier alpha value is -1.41. The quantitative estimate of drug-likeness (QED) is 0.395. The second-order valence-corrected chi connectivity index (χ2v) is 7.59. The lowest BCUT2D eigenvalue weighted by atomic mass is 10.1. The fraction of sp³-hybridized carbons (Fsp3) is 0.562. The summed E-state index contributed by atoms with van der Waals surface area (Å²) in [6, 6.07) is 1.78. The van der Waals surface area contributed by atoms with Gasteiger partial charge < -0.3 is 4.74 Å². The Balaban J connectivity index is 2.68. The van der Waals surface area contributed by atoms with Gasteiger partial charge in [0.25, 0.3) is 5.56 Å². The van der Waals surface area contributed by atoms with E-state index in [1.54, 1.807) is 22.9 Å². The van der Waals surface area contributed by atoms with E-state index in [-0.39, 0.29) is 6.61 Å². The Morgan fingerprint density at radius 2 is 2.04 bits per heavy atom. The van der Waals surface area contributed by atoms with Crippen molar-refractivity contribution in [1.29, 1.82) is 0 Å². The molecular weight excluding hydrogens is 396 g/mol. The van der Waals surface area contributed by atoms with Crippen LogP contribution in [0.1, 0.15) is 33.6 Å². The number of carbonyl (C=O) groups excluding carboxylic acids is 1. The van der Waals surface area contributed by atoms with Crippen LogP contribution in [0.15, 0.2) is 21.0 Å². The number of hydrogen-bond donors (Lipinski definition) is 0. The summed E-state index contributed by atoms with van der Waals surface area (Å²) in [5.74, 6) is -0.591. The third kappa shape index (κ3) is 3.35. The van der Waals surface area contributed by atoms with Crippen LogP contribution in [0.25, 0.3) is 10.2 Å². The van der Waals surface area contributed by atoms with Crippen molar-refractivity contribution in [3.05, 3.63) is 32.3 Å². The molecule has 0 radical (unpaired) electrons. The summed E-state index contributed by atoms with van der Waals surface area (Å²) in [6.07, 6.45) is 1.71. The van der Waals surface area contributed by atoms with Gasteiger partial charge in [0.15, 0.2) is 0 Å². The predicted molar refractivity (Wildman–Crippen MR) is 99.3 cm³/mol. The van der Waals surface area contributed by atoms with E-state index in [9.17, 15) is 14.4 Å². The van der Waals surface area contributed by atoms with Crippen LogP contribution in [0.5, 0.6) is 0 Å². The minimum absolute atomic E-state index is 0.192. The molecular formula is C16H21BrN2O4S. The number of aromatic nitrogens is 2. The highest BCUT2D eigenvalue weighted by Gasteiger charge is 2.35. The maximum absolute atomic E-state index is 13.0. The van der Waals surface area contributed by atoms with E-state index in [4.69, 9.17) is 4.74 Å². The fourth-order valence-electron chi connectivity index (χ4n) is 2.56. The molecule has 0 saturated heterocycles. The molecule has 0 saturated carbocycles. The number of aryl methyl sites for hydroxylation is 1. The second kappa shape index (κ2) is 7.65. The number of thiophene rings is 1. The summed E-state index contributed by atoms with van der Waals surface area (Å²) in [7, 11) is 0. The Labute approximate surface area is 152 Å². The van der Waals surface area contributed by atoms with Gasteiger partial charge in [0.2, 0.25) is 0 Å². The first-order valence-corrected chi connectivity index (χ1v) is 9.83. The number of ether oxygens (including phenoxy) is 1. The summed E-state index contributed by atoms with van der Waals surface area (Å²) in [5, 5.41) is 2.64. The van der Waals surface area contributed by atoms with Crippen LogP contribution >= 0.6 is 27.3 Å². The van der Waals surface area contributed by atoms with Crippen molar-refractivity contribution in [2.24, 2.45) is 0 Å². The van der Waals surface area contributed by atoms with E-state index in [1.165, 1.54) is 25.2 Å². The molecule has 2 aromatic rings. The number of nitrogens with zero attached hydrogens (tertiary/aromatic N) is 2. The third-order valence-corrected chi connectivity index (χ3v) is 5.31. The van der Waals surface area contributed by atoms with Crippen molar-refractivity contribution in [3.8, 4) is 0 Å². The van der Waals surface area contributed by atoms with Gasteiger partial charge in [-0.2, -0.15) is 0 Å². The van der Waals surface area contributed by atoms with Crippen molar-refractivity contribution >= 4 is 43.5 Å². The minimum Gasteiger partial charge on any atom is -0.464 e. The molecule has 0 aromatic carbocycles. The van der Waals surface area contributed by atoms with Gasteiger partial charge in [0, 0.05) is 11.9 Å². The largest absolute Gasteiger partial charge is 0.464 e. The van der Waals surface area contributed by atoms with Crippen LogP contribution in [0, 0.1) is 0 Å². The normalized spacial score (nSPS) is 11.8. The van der Waals surface area contributed by atoms with E-state index in [1.807, 2.05) is 0 Å². The first-order chi connectivity index (χ1) is 11.4. The molecule has 2 heterocycles. The van der Waals surface area contributed by atoms with E-state index in [0.29, 0.717) is 16.8 Å². The molecule has 8 heteroatoms. The van der Waals surface area contributed by atoms with Gasteiger partial charge in [-0.3, -0.25) is 9.36 Å². The van der Waals surface area contributed by atoms with Crippen molar-refractivity contribution in [3.63, 3.8) is 0 Å². The molecule has 0 amide bonds. The molecule has 2 rings (SSSR count). The zero-order valence-electron chi connectivity index (χ0n) is 14.0. The molecule has 0 atom stereocenters. The molecule has 132 valence electrons. The maximum atomic E-state index is 13.0. The summed E-state index contributed by atoms with van der Waals surface area (Å²) < 4.78 is 8.14. The number of hydrogen-bond acceptors (Lipinski definition) is 5. The molecule has 0 spiro atoms. The van der Waals surface area contributed by atoms with Crippen molar-refractivity contribution in [2.45, 2.75) is 45.7 Å². The standard InChI is InChI=1S/C16H21BrN2O4S/c1-4-23-14(21)16(2,3)19-13(20)12-11(7-10-24-12)18(15(19)22)9-6-5-8-17/h7,10H,4-6,8-9H2,1-3H3. The lowest BCUT2D eigenvalue weighted by Gasteiger charge is -2.25. The van der Waals surface area contributed by atoms with E-state index >= 15 is 0 Å². The molecule has 0 bridgehead atoms. The van der Waals surface area contributed by atoms with Gasteiger partial charge in [-0.1, -0.05) is 15.9 Å². The van der Waals surface area contributed by atoms with Crippen LogP contribution in [-0.2, 0) is 21.6 Å². The maximum Gasteiger partial charge on any atom is 0.332 e. The third-order valence-electron chi connectivity index (χ3n) is 3.85. The lowest BCUT2D eigenvalue weighted by molar-refractivity contribution is -0.152. The molecule has 0 N–H and O–H groups in total. The number of esters is 1. The zero-order valence-corrected chi connectivity index (χ0v) is 16.4. The van der Waals surface area contributed by atoms with Gasteiger partial charge in [0.05, 0.1) is 12.1 Å². The Morgan fingerprint density at radius 1 is 1.33 bits per heavy atom. The highest BCUT2D eigenvalue weighted by Crippen LogP contribution is 2.19. The Morgan fingerprint density at radius 3 is 2.67 bits per heavy atom. The molecule has 0 unspecified atom stereocenters. The molecule has 0 aliphatic heterocycles. The molecule has 0 fully saturated rings. The Kier molecular flexibility index (Phi) is 6.03. The average Bonchev–Trinajstić information content (AvgIpc) is 3.00. The topological polar surface area (TPSA) is 70.3 Å². The molecule has 0 aliphatic rings. The van der Waals surface area contributed by atoms with Gasteiger partial charge in [-0.15, -0.1) is 11.3 Å². The summed E-state index contributed by atoms with van der Waals surface area (Å²) >= 11 is 4.65. The number of carbonyl (C=O) groups is 1. The van der Waals surface area contributed by atoms with E-state index in [0.717, 1.165) is 22.7 Å². The number of alkyl halides is 1. The summed E-state index contributed by atoms with van der Waals surface area (Å²) in [6.45, 7) is 5.46. The molecule has 24 heavy (non-hydrogen) atoms. The smallest absolute Gasteiger partial charge is 0.332 e. The van der Waals surface area contributed by atoms with Gasteiger partial charge >= 0.3 is 11.7 Å². The first kappa shape index (κ1) is 18.9. The minimum atomic E-state index is -1.36. The monoisotopic (exact) mass is 416 g/mol. The number of fused-ring (bicyclic) bond motifs is 1. The fourth-order valence-corrected chi connectivity index (χ4v) is 3.78. The van der Waals surface area contributed by atoms with Crippen molar-refractivity contribution in [2.75, 3.05) is 11.9 Å². The van der Waals surface area contributed by atoms with Crippen LogP contribution in [0.3, 0.4) is 0 Å². The van der Waals surface area contributed by atoms with Gasteiger partial charge in [-0.25, -0.2) is 14.2 Å². The highest BCUT2D eigenvalue weighted by molar-refractivity contribution is 9.09. The van der Waals surface area contributed by atoms with Crippen LogP contribution in [-0.4, -0.2) is 27.0 Å². The molecule has 0 aliphatic carbocycles. The summed E-state index contributed by atoms with van der Waals surface area (Å²) in [4.78, 5) is 38.0. The Bertz CT molecular complexity index is 850.